The topological polar surface area (TPSA) is 52.2 Å². The molecule has 0 fully saturated rings. The molecule has 5 heteroatoms. The van der Waals surface area contributed by atoms with Crippen molar-refractivity contribution in [1.82, 2.24) is 19.2 Å². The Hall–Kier alpha value is -2.43. The molecule has 0 amide bonds. The second-order valence-corrected chi connectivity index (χ2v) is 6.02. The van der Waals surface area contributed by atoms with E-state index in [0.717, 1.165) is 35.6 Å². The number of fused-ring (bicyclic) bond motifs is 1. The van der Waals surface area contributed by atoms with Gasteiger partial charge in [-0.3, -0.25) is 4.79 Å². The van der Waals surface area contributed by atoms with Crippen molar-refractivity contribution in [3.8, 4) is 11.3 Å². The predicted octanol–water partition coefficient (Wildman–Crippen LogP) is 2.91. The molecule has 3 aromatic rings. The maximum Gasteiger partial charge on any atom is 0.251 e. The number of hydrogen-bond acceptors (Lipinski definition) is 3. The molecule has 0 unspecified atom stereocenters. The molecule has 0 atom stereocenters. The van der Waals surface area contributed by atoms with Crippen molar-refractivity contribution in [2.24, 2.45) is 5.92 Å². The highest BCUT2D eigenvalue weighted by atomic mass is 16.1. The van der Waals surface area contributed by atoms with E-state index >= 15 is 0 Å². The van der Waals surface area contributed by atoms with Gasteiger partial charge in [-0.2, -0.15) is 5.10 Å². The first-order valence-electron chi connectivity index (χ1n) is 7.57. The first-order valence-corrected chi connectivity index (χ1v) is 7.57. The molecule has 0 aliphatic rings. The summed E-state index contributed by atoms with van der Waals surface area (Å²) in [5.74, 6) is 0.583. The lowest BCUT2D eigenvalue weighted by molar-refractivity contribution is 0.508. The van der Waals surface area contributed by atoms with Crippen LogP contribution in [0.15, 0.2) is 41.5 Å². The number of aromatic nitrogens is 4. The fourth-order valence-electron chi connectivity index (χ4n) is 2.39. The molecule has 3 heterocycles. The summed E-state index contributed by atoms with van der Waals surface area (Å²) in [7, 11) is 0. The number of nitrogens with zero attached hydrogens (tertiary/aromatic N) is 4. The molecule has 0 aliphatic carbocycles. The first-order chi connectivity index (χ1) is 10.5. The summed E-state index contributed by atoms with van der Waals surface area (Å²) in [4.78, 5) is 16.5. The largest absolute Gasteiger partial charge is 0.315 e. The molecular weight excluding hydrogens is 276 g/mol. The third-order valence-electron chi connectivity index (χ3n) is 3.77. The molecule has 0 aromatic carbocycles. The Morgan fingerprint density at radius 2 is 2.05 bits per heavy atom. The molecule has 0 radical (unpaired) electrons. The van der Waals surface area contributed by atoms with Crippen LogP contribution < -0.4 is 5.56 Å². The number of aryl methyl sites for hydroxylation is 2. The number of imidazole rings is 1. The van der Waals surface area contributed by atoms with Crippen LogP contribution in [0.2, 0.25) is 0 Å². The van der Waals surface area contributed by atoms with E-state index in [1.54, 1.807) is 21.3 Å². The summed E-state index contributed by atoms with van der Waals surface area (Å²) in [5, 5.41) is 4.56. The second-order valence-electron chi connectivity index (χ2n) is 6.02. The van der Waals surface area contributed by atoms with Crippen LogP contribution in [0.5, 0.6) is 0 Å². The van der Waals surface area contributed by atoms with E-state index in [-0.39, 0.29) is 5.56 Å². The highest BCUT2D eigenvalue weighted by Gasteiger charge is 2.06. The van der Waals surface area contributed by atoms with Crippen molar-refractivity contribution in [2.75, 3.05) is 0 Å². The quantitative estimate of drug-likeness (QED) is 0.744. The number of pyridine rings is 1. The molecule has 0 spiro atoms. The maximum absolute atomic E-state index is 12.2. The molecule has 0 saturated heterocycles. The van der Waals surface area contributed by atoms with Crippen molar-refractivity contribution >= 4 is 5.65 Å². The lowest BCUT2D eigenvalue weighted by Crippen LogP contribution is -2.19. The third kappa shape index (κ3) is 2.79. The summed E-state index contributed by atoms with van der Waals surface area (Å²) < 4.78 is 3.55. The fourth-order valence-corrected chi connectivity index (χ4v) is 2.39. The Labute approximate surface area is 129 Å². The van der Waals surface area contributed by atoms with Crippen LogP contribution in [0, 0.1) is 12.8 Å². The van der Waals surface area contributed by atoms with Gasteiger partial charge in [0.2, 0.25) is 0 Å². The zero-order valence-corrected chi connectivity index (χ0v) is 13.2. The standard InChI is InChI=1S/C17H20N4O/c1-12(2)6-8-20-9-7-14(10-17(20)22)15-4-5-16-18-11-13(3)21(16)19-15/h4-5,7,9-12H,6,8H2,1-3H3. The SMILES string of the molecule is Cc1cnc2ccc(-c3ccn(CCC(C)C)c(=O)c3)nn12. The highest BCUT2D eigenvalue weighted by Crippen LogP contribution is 2.16. The molecule has 0 bridgehead atoms. The molecule has 3 rings (SSSR count). The third-order valence-corrected chi connectivity index (χ3v) is 3.77. The van der Waals surface area contributed by atoms with Crippen molar-refractivity contribution in [3.63, 3.8) is 0 Å². The molecule has 114 valence electrons. The number of hydrogen-bond donors (Lipinski definition) is 0. The summed E-state index contributed by atoms with van der Waals surface area (Å²) in [6.07, 6.45) is 4.64. The van der Waals surface area contributed by atoms with Gasteiger partial charge in [-0.1, -0.05) is 13.8 Å². The van der Waals surface area contributed by atoms with Gasteiger partial charge in [0.05, 0.1) is 17.6 Å². The lowest BCUT2D eigenvalue weighted by atomic mass is 10.1. The van der Waals surface area contributed by atoms with Gasteiger partial charge in [-0.25, -0.2) is 9.50 Å². The Balaban J connectivity index is 1.95. The van der Waals surface area contributed by atoms with Gasteiger partial charge in [-0.15, -0.1) is 0 Å². The maximum atomic E-state index is 12.2. The van der Waals surface area contributed by atoms with E-state index in [0.29, 0.717) is 5.92 Å². The van der Waals surface area contributed by atoms with E-state index < -0.39 is 0 Å². The molecule has 5 nitrogen and oxygen atoms in total. The molecular formula is C17H20N4O. The minimum Gasteiger partial charge on any atom is -0.315 e. The Kier molecular flexibility index (Phi) is 3.79. The van der Waals surface area contributed by atoms with Crippen molar-refractivity contribution in [2.45, 2.75) is 33.7 Å². The smallest absolute Gasteiger partial charge is 0.251 e. The van der Waals surface area contributed by atoms with E-state index in [1.807, 2.05) is 31.3 Å². The second kappa shape index (κ2) is 5.75. The summed E-state index contributed by atoms with van der Waals surface area (Å²) >= 11 is 0. The minimum atomic E-state index is 0.0161. The fraction of sp³-hybridized carbons (Fsp3) is 0.353. The van der Waals surface area contributed by atoms with Gasteiger partial charge in [0.1, 0.15) is 0 Å². The first kappa shape index (κ1) is 14.5. The summed E-state index contributed by atoms with van der Waals surface area (Å²) in [5.41, 5.74) is 3.42. The summed E-state index contributed by atoms with van der Waals surface area (Å²) in [6, 6.07) is 7.41. The summed E-state index contributed by atoms with van der Waals surface area (Å²) in [6.45, 7) is 7.03. The highest BCUT2D eigenvalue weighted by molar-refractivity contribution is 5.59. The molecule has 0 N–H and O–H groups in total. The van der Waals surface area contributed by atoms with Gasteiger partial charge >= 0.3 is 0 Å². The molecule has 3 aromatic heterocycles. The van der Waals surface area contributed by atoms with Gasteiger partial charge < -0.3 is 4.57 Å². The van der Waals surface area contributed by atoms with Crippen LogP contribution in [0.1, 0.15) is 26.0 Å². The molecule has 0 saturated carbocycles. The monoisotopic (exact) mass is 296 g/mol. The predicted molar refractivity (Wildman–Crippen MR) is 86.9 cm³/mol. The van der Waals surface area contributed by atoms with Crippen LogP contribution in [-0.4, -0.2) is 19.2 Å². The van der Waals surface area contributed by atoms with Crippen LogP contribution in [0.3, 0.4) is 0 Å². The molecule has 22 heavy (non-hydrogen) atoms. The van der Waals surface area contributed by atoms with E-state index in [2.05, 4.69) is 23.9 Å². The van der Waals surface area contributed by atoms with Crippen molar-refractivity contribution in [3.05, 3.63) is 52.7 Å². The van der Waals surface area contributed by atoms with Crippen molar-refractivity contribution < 1.29 is 0 Å². The minimum absolute atomic E-state index is 0.0161. The zero-order valence-electron chi connectivity index (χ0n) is 13.2. The van der Waals surface area contributed by atoms with Crippen LogP contribution >= 0.6 is 0 Å². The van der Waals surface area contributed by atoms with E-state index in [9.17, 15) is 4.79 Å². The zero-order chi connectivity index (χ0) is 15.7. The van der Waals surface area contributed by atoms with Gasteiger partial charge in [0, 0.05) is 24.4 Å². The van der Waals surface area contributed by atoms with Gasteiger partial charge in [0.15, 0.2) is 5.65 Å². The van der Waals surface area contributed by atoms with Crippen LogP contribution in [0.25, 0.3) is 16.9 Å². The van der Waals surface area contributed by atoms with Crippen LogP contribution in [-0.2, 0) is 6.54 Å². The Morgan fingerprint density at radius 3 is 2.77 bits per heavy atom. The van der Waals surface area contributed by atoms with E-state index in [1.165, 1.54) is 0 Å². The number of rotatable bonds is 4. The Morgan fingerprint density at radius 1 is 1.23 bits per heavy atom. The van der Waals surface area contributed by atoms with Crippen LogP contribution in [0.4, 0.5) is 0 Å². The molecule has 0 aliphatic heterocycles. The average Bonchev–Trinajstić information content (AvgIpc) is 2.87. The van der Waals surface area contributed by atoms with Gasteiger partial charge in [0.25, 0.3) is 5.56 Å². The normalized spacial score (nSPS) is 11.5. The Bertz CT molecular complexity index is 860. The van der Waals surface area contributed by atoms with Gasteiger partial charge in [-0.05, 0) is 37.5 Å². The van der Waals surface area contributed by atoms with E-state index in [4.69, 9.17) is 0 Å². The van der Waals surface area contributed by atoms with Crippen molar-refractivity contribution in [1.29, 1.82) is 0 Å². The average molecular weight is 296 g/mol. The lowest BCUT2D eigenvalue weighted by Gasteiger charge is -2.09.